The third-order valence-corrected chi connectivity index (χ3v) is 7.17. The highest BCUT2D eigenvalue weighted by atomic mass is 16.2. The van der Waals surface area contributed by atoms with E-state index < -0.39 is 5.54 Å². The van der Waals surface area contributed by atoms with E-state index in [4.69, 9.17) is 0 Å². The van der Waals surface area contributed by atoms with Crippen LogP contribution in [0.3, 0.4) is 0 Å². The quantitative estimate of drug-likeness (QED) is 0.727. The van der Waals surface area contributed by atoms with Crippen LogP contribution in [-0.2, 0) is 11.3 Å². The van der Waals surface area contributed by atoms with Crippen LogP contribution in [0.5, 0.6) is 0 Å². The maximum Gasteiger partial charge on any atom is 0.325 e. The van der Waals surface area contributed by atoms with Crippen molar-refractivity contribution in [2.24, 2.45) is 0 Å². The van der Waals surface area contributed by atoms with Crippen LogP contribution in [0.2, 0.25) is 0 Å². The molecular weight excluding hydrogens is 418 g/mol. The first-order valence-corrected chi connectivity index (χ1v) is 11.7. The summed E-state index contributed by atoms with van der Waals surface area (Å²) in [5.74, 6) is -0.148. The van der Waals surface area contributed by atoms with Crippen LogP contribution >= 0.6 is 0 Å². The maximum atomic E-state index is 13.4. The van der Waals surface area contributed by atoms with Crippen LogP contribution in [-0.4, -0.2) is 75.3 Å². The monoisotopic (exact) mass is 447 g/mol. The predicted octanol–water partition coefficient (Wildman–Crippen LogP) is 2.27. The minimum atomic E-state index is -0.878. The first kappa shape index (κ1) is 21.6. The topological polar surface area (TPSA) is 85.8 Å². The lowest BCUT2D eigenvalue weighted by atomic mass is 9.86. The lowest BCUT2D eigenvalue weighted by molar-refractivity contribution is -0.135. The number of pyridine rings is 1. The number of carbonyl (C=O) groups excluding carboxylic acids is 3. The molecule has 0 radical (unpaired) electrons. The fourth-order valence-electron chi connectivity index (χ4n) is 5.25. The Morgan fingerprint density at radius 3 is 2.39 bits per heavy atom. The molecule has 3 aliphatic rings. The molecule has 4 heterocycles. The van der Waals surface area contributed by atoms with Crippen LogP contribution in [0.15, 0.2) is 54.9 Å². The SMILES string of the molecule is O=C(c1ccccc1)N1CCC2(CC1)NC(=O)N(C1CCN(Cc3cccnc3)CC1)C2=O. The number of urea groups is 1. The molecule has 0 unspecified atom stereocenters. The summed E-state index contributed by atoms with van der Waals surface area (Å²) >= 11 is 0. The van der Waals surface area contributed by atoms with Gasteiger partial charge in [0, 0.05) is 56.7 Å². The van der Waals surface area contributed by atoms with Gasteiger partial charge in [0.15, 0.2) is 0 Å². The molecule has 1 aromatic heterocycles. The summed E-state index contributed by atoms with van der Waals surface area (Å²) in [5.41, 5.74) is 0.939. The van der Waals surface area contributed by atoms with E-state index in [1.807, 2.05) is 30.5 Å². The Hall–Kier alpha value is -3.26. The van der Waals surface area contributed by atoms with Gasteiger partial charge in [-0.25, -0.2) is 4.79 Å². The number of benzene rings is 1. The van der Waals surface area contributed by atoms with Crippen molar-refractivity contribution in [1.82, 2.24) is 25.0 Å². The molecule has 33 heavy (non-hydrogen) atoms. The Morgan fingerprint density at radius 1 is 1.00 bits per heavy atom. The third kappa shape index (κ3) is 4.23. The second kappa shape index (κ2) is 8.94. The van der Waals surface area contributed by atoms with Crippen molar-refractivity contribution in [1.29, 1.82) is 0 Å². The molecule has 0 saturated carbocycles. The van der Waals surface area contributed by atoms with Gasteiger partial charge in [-0.05, 0) is 49.4 Å². The Kier molecular flexibility index (Phi) is 5.85. The minimum Gasteiger partial charge on any atom is -0.338 e. The molecule has 3 aliphatic heterocycles. The van der Waals surface area contributed by atoms with Crippen LogP contribution in [0.25, 0.3) is 0 Å². The van der Waals surface area contributed by atoms with E-state index in [0.29, 0.717) is 31.5 Å². The fourth-order valence-corrected chi connectivity index (χ4v) is 5.25. The van der Waals surface area contributed by atoms with Crippen LogP contribution in [0.4, 0.5) is 4.79 Å². The van der Waals surface area contributed by atoms with Crippen LogP contribution in [0.1, 0.15) is 41.6 Å². The molecule has 3 saturated heterocycles. The largest absolute Gasteiger partial charge is 0.338 e. The number of nitrogens with one attached hydrogen (secondary N) is 1. The molecule has 4 amide bonds. The summed E-state index contributed by atoms with van der Waals surface area (Å²) in [4.78, 5) is 48.8. The molecule has 0 bridgehead atoms. The maximum absolute atomic E-state index is 13.4. The zero-order valence-corrected chi connectivity index (χ0v) is 18.7. The number of amides is 4. The molecule has 5 rings (SSSR count). The second-order valence-corrected chi connectivity index (χ2v) is 9.21. The van der Waals surface area contributed by atoms with Crippen molar-refractivity contribution in [3.05, 3.63) is 66.0 Å². The van der Waals surface area contributed by atoms with E-state index in [1.54, 1.807) is 23.2 Å². The number of rotatable bonds is 4. The number of imide groups is 1. The Bertz CT molecular complexity index is 1010. The van der Waals surface area contributed by atoms with E-state index in [2.05, 4.69) is 21.3 Å². The summed E-state index contributed by atoms with van der Waals surface area (Å²) < 4.78 is 0. The molecule has 1 aromatic carbocycles. The van der Waals surface area contributed by atoms with Gasteiger partial charge in [-0.1, -0.05) is 24.3 Å². The number of carbonyl (C=O) groups is 3. The molecule has 0 atom stereocenters. The summed E-state index contributed by atoms with van der Waals surface area (Å²) in [7, 11) is 0. The van der Waals surface area contributed by atoms with Crippen molar-refractivity contribution in [3.8, 4) is 0 Å². The lowest BCUT2D eigenvalue weighted by Gasteiger charge is -2.38. The number of nitrogens with zero attached hydrogens (tertiary/aromatic N) is 4. The van der Waals surface area contributed by atoms with Crippen LogP contribution < -0.4 is 5.32 Å². The molecule has 0 aliphatic carbocycles. The van der Waals surface area contributed by atoms with E-state index in [1.165, 1.54) is 10.5 Å². The van der Waals surface area contributed by atoms with Crippen molar-refractivity contribution < 1.29 is 14.4 Å². The average Bonchev–Trinajstić information content (AvgIpc) is 3.09. The smallest absolute Gasteiger partial charge is 0.325 e. The van der Waals surface area contributed by atoms with E-state index in [-0.39, 0.29) is 23.9 Å². The van der Waals surface area contributed by atoms with Gasteiger partial charge in [0.25, 0.3) is 11.8 Å². The third-order valence-electron chi connectivity index (χ3n) is 7.17. The number of aromatic nitrogens is 1. The van der Waals surface area contributed by atoms with Gasteiger partial charge in [-0.15, -0.1) is 0 Å². The zero-order chi connectivity index (χ0) is 22.8. The number of hydrogen-bond donors (Lipinski definition) is 1. The van der Waals surface area contributed by atoms with E-state index in [0.717, 1.165) is 32.5 Å². The predicted molar refractivity (Wildman–Crippen MR) is 122 cm³/mol. The highest BCUT2D eigenvalue weighted by molar-refractivity contribution is 6.07. The molecule has 3 fully saturated rings. The fraction of sp³-hybridized carbons (Fsp3) is 0.440. The molecule has 1 N–H and O–H groups in total. The van der Waals surface area contributed by atoms with Crippen molar-refractivity contribution >= 4 is 17.8 Å². The van der Waals surface area contributed by atoms with Crippen molar-refractivity contribution in [2.45, 2.75) is 43.8 Å². The summed E-state index contributed by atoms with van der Waals surface area (Å²) in [6.07, 6.45) is 6.09. The Labute approximate surface area is 193 Å². The molecule has 1 spiro atoms. The Morgan fingerprint density at radius 2 is 1.73 bits per heavy atom. The Balaban J connectivity index is 1.18. The lowest BCUT2D eigenvalue weighted by Crippen LogP contribution is -2.56. The molecule has 8 nitrogen and oxygen atoms in total. The van der Waals surface area contributed by atoms with Crippen molar-refractivity contribution in [2.75, 3.05) is 26.2 Å². The van der Waals surface area contributed by atoms with Crippen LogP contribution in [0, 0.1) is 0 Å². The van der Waals surface area contributed by atoms with Crippen molar-refractivity contribution in [3.63, 3.8) is 0 Å². The van der Waals surface area contributed by atoms with Gasteiger partial charge in [-0.3, -0.25) is 24.4 Å². The standard InChI is InChI=1S/C25H29N5O3/c31-22(20-6-2-1-3-7-20)29-15-10-25(11-16-29)23(32)30(24(33)27-25)21-8-13-28(14-9-21)18-19-5-4-12-26-17-19/h1-7,12,17,21H,8-11,13-16,18H2,(H,27,33). The van der Waals surface area contributed by atoms with Gasteiger partial charge in [0.2, 0.25) is 0 Å². The summed E-state index contributed by atoms with van der Waals surface area (Å²) in [6.45, 7) is 3.41. The summed E-state index contributed by atoms with van der Waals surface area (Å²) in [6, 6.07) is 12.8. The zero-order valence-electron chi connectivity index (χ0n) is 18.7. The molecular formula is C25H29N5O3. The van der Waals surface area contributed by atoms with Gasteiger partial charge < -0.3 is 10.2 Å². The van der Waals surface area contributed by atoms with Gasteiger partial charge in [0.1, 0.15) is 5.54 Å². The minimum absolute atomic E-state index is 0.0277. The number of hydrogen-bond acceptors (Lipinski definition) is 5. The normalized spacial score (nSPS) is 21.5. The molecule has 172 valence electrons. The first-order chi connectivity index (χ1) is 16.1. The summed E-state index contributed by atoms with van der Waals surface area (Å²) in [5, 5.41) is 2.99. The second-order valence-electron chi connectivity index (χ2n) is 9.21. The highest BCUT2D eigenvalue weighted by Crippen LogP contribution is 2.33. The number of likely N-dealkylation sites (tertiary alicyclic amines) is 2. The van der Waals surface area contributed by atoms with Gasteiger partial charge in [-0.2, -0.15) is 0 Å². The number of piperidine rings is 2. The van der Waals surface area contributed by atoms with E-state index in [9.17, 15) is 14.4 Å². The molecule has 2 aromatic rings. The molecule has 8 heteroatoms. The highest BCUT2D eigenvalue weighted by Gasteiger charge is 2.54. The van der Waals surface area contributed by atoms with Gasteiger partial charge in [0.05, 0.1) is 0 Å². The van der Waals surface area contributed by atoms with Gasteiger partial charge >= 0.3 is 6.03 Å². The van der Waals surface area contributed by atoms with E-state index >= 15 is 0 Å². The first-order valence-electron chi connectivity index (χ1n) is 11.7. The average molecular weight is 448 g/mol.